The van der Waals surface area contributed by atoms with Crippen molar-refractivity contribution in [1.29, 1.82) is 0 Å². The van der Waals surface area contributed by atoms with Crippen LogP contribution >= 0.6 is 0 Å². The summed E-state index contributed by atoms with van der Waals surface area (Å²) in [5.74, 6) is 0. The first-order valence-corrected chi connectivity index (χ1v) is 12.7. The maximum Gasteiger partial charge on any atom is -0.0273 e. The summed E-state index contributed by atoms with van der Waals surface area (Å²) in [5, 5.41) is 0. The molecule has 0 amide bonds. The van der Waals surface area contributed by atoms with E-state index < -0.39 is 0 Å². The highest BCUT2D eigenvalue weighted by Crippen LogP contribution is 2.26. The summed E-state index contributed by atoms with van der Waals surface area (Å²) >= 11 is 0. The van der Waals surface area contributed by atoms with E-state index in [2.05, 4.69) is 39.8 Å². The lowest BCUT2D eigenvalue weighted by atomic mass is 9.87. The van der Waals surface area contributed by atoms with E-state index in [9.17, 15) is 0 Å². The van der Waals surface area contributed by atoms with Crippen molar-refractivity contribution in [2.75, 3.05) is 0 Å². The highest BCUT2D eigenvalue weighted by Gasteiger charge is 2.11. The van der Waals surface area contributed by atoms with Gasteiger partial charge in [-0.2, -0.15) is 0 Å². The van der Waals surface area contributed by atoms with Crippen LogP contribution in [0.2, 0.25) is 0 Å². The zero-order valence-electron chi connectivity index (χ0n) is 19.6. The van der Waals surface area contributed by atoms with Crippen molar-refractivity contribution in [3.8, 4) is 0 Å². The first-order valence-electron chi connectivity index (χ1n) is 12.7. The first-order chi connectivity index (χ1) is 13.8. The van der Waals surface area contributed by atoms with Gasteiger partial charge in [-0.05, 0) is 73.6 Å². The summed E-state index contributed by atoms with van der Waals surface area (Å²) in [4.78, 5) is 0. The Balaban J connectivity index is 2.96. The quantitative estimate of drug-likeness (QED) is 0.221. The summed E-state index contributed by atoms with van der Waals surface area (Å²) in [5.41, 5.74) is 6.71. The van der Waals surface area contributed by atoms with Crippen LogP contribution in [0.5, 0.6) is 0 Å². The molecule has 1 rings (SSSR count). The van der Waals surface area contributed by atoms with Crippen molar-refractivity contribution >= 4 is 0 Å². The highest BCUT2D eigenvalue weighted by molar-refractivity contribution is 5.40. The van der Waals surface area contributed by atoms with E-state index in [-0.39, 0.29) is 0 Å². The predicted molar refractivity (Wildman–Crippen MR) is 128 cm³/mol. The Kier molecular flexibility index (Phi) is 15.4. The molecule has 161 valence electrons. The van der Waals surface area contributed by atoms with Gasteiger partial charge in [-0.1, -0.05) is 104 Å². The molecule has 1 radical (unpaired) electrons. The summed E-state index contributed by atoms with van der Waals surface area (Å²) in [6.07, 6.45) is 23.8. The Labute approximate surface area is 177 Å². The van der Waals surface area contributed by atoms with Gasteiger partial charge in [0, 0.05) is 0 Å². The monoisotopic (exact) mass is 385 g/mol. The number of hydrogen-bond acceptors (Lipinski definition) is 0. The van der Waals surface area contributed by atoms with Crippen LogP contribution < -0.4 is 0 Å². The smallest absolute Gasteiger partial charge is 0.0273 e. The Morgan fingerprint density at radius 1 is 0.536 bits per heavy atom. The molecule has 0 nitrogen and oxygen atoms in total. The molecule has 0 N–H and O–H groups in total. The fourth-order valence-electron chi connectivity index (χ4n) is 4.32. The summed E-state index contributed by atoms with van der Waals surface area (Å²) < 4.78 is 0. The van der Waals surface area contributed by atoms with Gasteiger partial charge >= 0.3 is 0 Å². The van der Waals surface area contributed by atoms with E-state index >= 15 is 0 Å². The number of rotatable bonds is 18. The predicted octanol–water partition coefficient (Wildman–Crippen LogP) is 9.21. The molecular weight excluding hydrogens is 336 g/mol. The fourth-order valence-corrected chi connectivity index (χ4v) is 4.32. The Morgan fingerprint density at radius 2 is 1.00 bits per heavy atom. The van der Waals surface area contributed by atoms with Gasteiger partial charge < -0.3 is 0 Å². The van der Waals surface area contributed by atoms with Crippen LogP contribution in [-0.4, -0.2) is 0 Å². The Morgan fingerprint density at radius 3 is 1.43 bits per heavy atom. The standard InChI is InChI=1S/C28H49/c1-5-9-13-16-20-26-23-25(19-12-8-4)24-27(21-17-14-10-6-2)28(26)22-18-15-11-7-3/h23-24H,4-22H2,1-3H3. The molecule has 0 bridgehead atoms. The topological polar surface area (TPSA) is 0 Å². The second-order valence-corrected chi connectivity index (χ2v) is 8.78. The average Bonchev–Trinajstić information content (AvgIpc) is 2.71. The largest absolute Gasteiger partial charge is 0.0654 e. The molecule has 0 aromatic heterocycles. The molecular formula is C28H49. The molecule has 0 atom stereocenters. The van der Waals surface area contributed by atoms with Crippen molar-refractivity contribution in [3.05, 3.63) is 41.3 Å². The maximum atomic E-state index is 4.06. The Bertz CT molecular complexity index is 452. The van der Waals surface area contributed by atoms with Gasteiger partial charge in [-0.15, -0.1) is 0 Å². The zero-order valence-corrected chi connectivity index (χ0v) is 19.6. The lowest BCUT2D eigenvalue weighted by Crippen LogP contribution is -2.04. The fraction of sp³-hybridized carbons (Fsp3) is 0.750. The molecule has 0 saturated heterocycles. The first kappa shape index (κ1) is 25.3. The van der Waals surface area contributed by atoms with E-state index in [1.54, 1.807) is 22.3 Å². The van der Waals surface area contributed by atoms with E-state index in [0.29, 0.717) is 0 Å². The number of aryl methyl sites for hydroxylation is 3. The third-order valence-electron chi connectivity index (χ3n) is 6.09. The van der Waals surface area contributed by atoms with Crippen LogP contribution in [0.15, 0.2) is 12.1 Å². The van der Waals surface area contributed by atoms with Crippen LogP contribution in [-0.2, 0) is 25.7 Å². The average molecular weight is 386 g/mol. The third-order valence-corrected chi connectivity index (χ3v) is 6.09. The minimum Gasteiger partial charge on any atom is -0.0654 e. The molecule has 0 fully saturated rings. The van der Waals surface area contributed by atoms with Gasteiger partial charge in [0.05, 0.1) is 0 Å². The van der Waals surface area contributed by atoms with Crippen molar-refractivity contribution in [2.24, 2.45) is 0 Å². The molecule has 0 unspecified atom stereocenters. The molecule has 0 aliphatic carbocycles. The molecule has 0 heterocycles. The summed E-state index contributed by atoms with van der Waals surface area (Å²) in [7, 11) is 0. The second-order valence-electron chi connectivity index (χ2n) is 8.78. The van der Waals surface area contributed by atoms with Gasteiger partial charge in [0.1, 0.15) is 0 Å². The van der Waals surface area contributed by atoms with Crippen molar-refractivity contribution in [2.45, 2.75) is 136 Å². The van der Waals surface area contributed by atoms with E-state index in [0.717, 1.165) is 6.42 Å². The molecule has 0 spiro atoms. The van der Waals surface area contributed by atoms with Crippen molar-refractivity contribution in [3.63, 3.8) is 0 Å². The third kappa shape index (κ3) is 10.7. The van der Waals surface area contributed by atoms with Crippen LogP contribution in [0.4, 0.5) is 0 Å². The zero-order chi connectivity index (χ0) is 20.5. The summed E-state index contributed by atoms with van der Waals surface area (Å²) in [6, 6.07) is 5.15. The highest BCUT2D eigenvalue weighted by atomic mass is 14.2. The van der Waals surface area contributed by atoms with Crippen molar-refractivity contribution in [1.82, 2.24) is 0 Å². The van der Waals surface area contributed by atoms with Gasteiger partial charge in [-0.25, -0.2) is 0 Å². The molecule has 0 saturated carbocycles. The molecule has 0 aliphatic rings. The lowest BCUT2D eigenvalue weighted by molar-refractivity contribution is 0.638. The molecule has 1 aromatic rings. The SMILES string of the molecule is [CH2]CCCc1cc(CCCCCC)c(CCCCCC)c(CCCCCC)c1. The summed E-state index contributed by atoms with van der Waals surface area (Å²) in [6.45, 7) is 11.0. The number of hydrogen-bond donors (Lipinski definition) is 0. The molecule has 1 aromatic carbocycles. The lowest BCUT2D eigenvalue weighted by Gasteiger charge is -2.18. The normalized spacial score (nSPS) is 11.3. The van der Waals surface area contributed by atoms with Gasteiger partial charge in [0.15, 0.2) is 0 Å². The van der Waals surface area contributed by atoms with Gasteiger partial charge in [-0.3, -0.25) is 0 Å². The van der Waals surface area contributed by atoms with E-state index in [4.69, 9.17) is 0 Å². The molecule has 0 aliphatic heterocycles. The van der Waals surface area contributed by atoms with Crippen LogP contribution in [0, 0.1) is 6.92 Å². The van der Waals surface area contributed by atoms with E-state index in [1.165, 1.54) is 109 Å². The minimum absolute atomic E-state index is 1.05. The van der Waals surface area contributed by atoms with E-state index in [1.807, 2.05) is 0 Å². The molecule has 0 heteroatoms. The second kappa shape index (κ2) is 17.1. The number of unbranched alkanes of at least 4 members (excludes halogenated alkanes) is 10. The minimum atomic E-state index is 1.05. The maximum absolute atomic E-state index is 4.06. The van der Waals surface area contributed by atoms with Gasteiger partial charge in [0.25, 0.3) is 0 Å². The number of benzene rings is 1. The van der Waals surface area contributed by atoms with Crippen LogP contribution in [0.3, 0.4) is 0 Å². The van der Waals surface area contributed by atoms with Crippen LogP contribution in [0.1, 0.15) is 133 Å². The Hall–Kier alpha value is -0.780. The van der Waals surface area contributed by atoms with Gasteiger partial charge in [0.2, 0.25) is 0 Å². The van der Waals surface area contributed by atoms with Crippen molar-refractivity contribution < 1.29 is 0 Å². The van der Waals surface area contributed by atoms with Crippen LogP contribution in [0.25, 0.3) is 0 Å². The molecule has 28 heavy (non-hydrogen) atoms.